The maximum atomic E-state index is 11.2. The Morgan fingerprint density at radius 3 is 2.77 bits per heavy atom. The van der Waals surface area contributed by atoms with Gasteiger partial charge in [0.2, 0.25) is 0 Å². The second kappa shape index (κ2) is 8.92. The molecule has 0 spiro atoms. The van der Waals surface area contributed by atoms with Crippen molar-refractivity contribution in [3.63, 3.8) is 0 Å². The summed E-state index contributed by atoms with van der Waals surface area (Å²) in [6, 6.07) is 10.3. The number of thiophene rings is 1. The molecular formula is C27H27N5O2S. The summed E-state index contributed by atoms with van der Waals surface area (Å²) in [6.45, 7) is 0.655. The number of nitrogen functional groups attached to an aromatic ring is 1. The van der Waals surface area contributed by atoms with Crippen molar-refractivity contribution < 1.29 is 9.90 Å². The fourth-order valence-corrected chi connectivity index (χ4v) is 6.27. The standard InChI is InChI=1S/C27H27N5O2S/c28-26-24(19-9-10-35-15-19)25(17-7-5-16(6-8-17)11-23(33)34)31-27-21(14-30-32(26)27)20-12-18-3-1-2-4-22(18)29-13-20/h1-4,9-10,12,14-17,20H,5-8,11,13,28H2,(H,33,34)/t16-,17-,20?. The summed E-state index contributed by atoms with van der Waals surface area (Å²) in [5.74, 6) is 0.455. The molecule has 0 radical (unpaired) electrons. The van der Waals surface area contributed by atoms with Crippen LogP contribution in [0.2, 0.25) is 0 Å². The van der Waals surface area contributed by atoms with Crippen LogP contribution in [0, 0.1) is 5.92 Å². The number of aliphatic carboxylic acids is 1. The third kappa shape index (κ3) is 4.01. The molecule has 0 bridgehead atoms. The smallest absolute Gasteiger partial charge is 0.303 e. The first-order valence-electron chi connectivity index (χ1n) is 12.1. The van der Waals surface area contributed by atoms with Gasteiger partial charge in [-0.25, -0.2) is 4.98 Å². The van der Waals surface area contributed by atoms with E-state index in [0.29, 0.717) is 12.4 Å². The van der Waals surface area contributed by atoms with Gasteiger partial charge in [-0.05, 0) is 65.3 Å². The van der Waals surface area contributed by atoms with Gasteiger partial charge in [0.25, 0.3) is 0 Å². The van der Waals surface area contributed by atoms with Crippen molar-refractivity contribution in [2.45, 2.75) is 43.9 Å². The van der Waals surface area contributed by atoms with Crippen LogP contribution in [0.3, 0.4) is 0 Å². The Labute approximate surface area is 206 Å². The molecule has 4 aromatic rings. The molecule has 6 rings (SSSR count). The molecule has 35 heavy (non-hydrogen) atoms. The second-order valence-electron chi connectivity index (χ2n) is 9.59. The van der Waals surface area contributed by atoms with E-state index in [1.54, 1.807) is 15.9 Å². The molecule has 1 atom stereocenters. The van der Waals surface area contributed by atoms with Gasteiger partial charge < -0.3 is 10.8 Å². The number of aromatic nitrogens is 3. The largest absolute Gasteiger partial charge is 0.481 e. The number of hydrogen-bond donors (Lipinski definition) is 2. The van der Waals surface area contributed by atoms with E-state index >= 15 is 0 Å². The van der Waals surface area contributed by atoms with Crippen LogP contribution in [0.1, 0.15) is 55.2 Å². The number of fused-ring (bicyclic) bond motifs is 2. The first-order chi connectivity index (χ1) is 17.1. The van der Waals surface area contributed by atoms with E-state index in [4.69, 9.17) is 15.7 Å². The molecule has 0 amide bonds. The number of rotatable bonds is 5. The van der Waals surface area contributed by atoms with Crippen molar-refractivity contribution in [2.24, 2.45) is 10.9 Å². The number of benzene rings is 1. The van der Waals surface area contributed by atoms with Crippen molar-refractivity contribution in [2.75, 3.05) is 12.3 Å². The van der Waals surface area contributed by atoms with Crippen molar-refractivity contribution in [3.8, 4) is 11.1 Å². The molecule has 8 heteroatoms. The highest BCUT2D eigenvalue weighted by molar-refractivity contribution is 7.08. The molecule has 7 nitrogen and oxygen atoms in total. The van der Waals surface area contributed by atoms with Gasteiger partial charge in [0.15, 0.2) is 5.65 Å². The minimum absolute atomic E-state index is 0.0838. The third-order valence-corrected chi connectivity index (χ3v) is 8.10. The van der Waals surface area contributed by atoms with E-state index in [1.165, 1.54) is 0 Å². The van der Waals surface area contributed by atoms with Crippen LogP contribution in [-0.4, -0.2) is 32.2 Å². The quantitative estimate of drug-likeness (QED) is 0.445. The van der Waals surface area contributed by atoms with Gasteiger partial charge in [-0.3, -0.25) is 9.79 Å². The molecular weight excluding hydrogens is 458 g/mol. The maximum absolute atomic E-state index is 11.2. The van der Waals surface area contributed by atoms with Crippen LogP contribution in [0.4, 0.5) is 5.82 Å². The van der Waals surface area contributed by atoms with Crippen LogP contribution in [0.25, 0.3) is 22.9 Å². The van der Waals surface area contributed by atoms with Crippen LogP contribution in [-0.2, 0) is 4.79 Å². The van der Waals surface area contributed by atoms with Gasteiger partial charge in [0.05, 0.1) is 23.8 Å². The van der Waals surface area contributed by atoms with Gasteiger partial charge in [-0.1, -0.05) is 24.3 Å². The molecule has 4 heterocycles. The predicted molar refractivity (Wildman–Crippen MR) is 137 cm³/mol. The summed E-state index contributed by atoms with van der Waals surface area (Å²) in [4.78, 5) is 21.2. The van der Waals surface area contributed by atoms with E-state index in [-0.39, 0.29) is 24.2 Å². The number of hydrogen-bond acceptors (Lipinski definition) is 6. The van der Waals surface area contributed by atoms with E-state index in [9.17, 15) is 9.90 Å². The molecule has 1 aliphatic heterocycles. The fraction of sp³-hybridized carbons (Fsp3) is 0.333. The molecule has 3 aromatic heterocycles. The lowest BCUT2D eigenvalue weighted by Gasteiger charge is -2.29. The summed E-state index contributed by atoms with van der Waals surface area (Å²) in [6.07, 6.45) is 8.00. The lowest BCUT2D eigenvalue weighted by molar-refractivity contribution is -0.138. The average Bonchev–Trinajstić information content (AvgIpc) is 3.54. The molecule has 1 unspecified atom stereocenters. The second-order valence-corrected chi connectivity index (χ2v) is 10.4. The summed E-state index contributed by atoms with van der Waals surface area (Å²) in [5, 5.41) is 20.2. The Bertz CT molecular complexity index is 1520. The lowest BCUT2D eigenvalue weighted by atomic mass is 9.78. The summed E-state index contributed by atoms with van der Waals surface area (Å²) >= 11 is 1.64. The predicted octanol–water partition coefficient (Wildman–Crippen LogP) is 3.99. The Morgan fingerprint density at radius 1 is 1.17 bits per heavy atom. The number of carboxylic acids is 1. The fourth-order valence-electron chi connectivity index (χ4n) is 5.62. The molecule has 0 saturated heterocycles. The minimum atomic E-state index is -0.712. The Hall–Kier alpha value is -3.52. The normalized spacial score (nSPS) is 21.8. The zero-order valence-electron chi connectivity index (χ0n) is 19.3. The highest BCUT2D eigenvalue weighted by atomic mass is 32.1. The molecule has 178 valence electrons. The Morgan fingerprint density at radius 2 is 2.00 bits per heavy atom. The summed E-state index contributed by atoms with van der Waals surface area (Å²) in [7, 11) is 0. The number of para-hydroxylation sites is 1. The van der Waals surface area contributed by atoms with Crippen molar-refractivity contribution in [3.05, 3.63) is 69.1 Å². The molecule has 1 fully saturated rings. The highest BCUT2D eigenvalue weighted by Gasteiger charge is 2.30. The summed E-state index contributed by atoms with van der Waals surface area (Å²) < 4.78 is 1.77. The Balaban J connectivity index is 1.44. The highest BCUT2D eigenvalue weighted by Crippen LogP contribution is 2.43. The number of anilines is 1. The van der Waals surface area contributed by atoms with Gasteiger partial charge in [-0.2, -0.15) is 21.0 Å². The van der Waals surface area contributed by atoms with Gasteiger partial charge in [0.1, 0.15) is 5.82 Å². The molecule has 1 aliphatic carbocycles. The monoisotopic (exact) mass is 485 g/mol. The van der Waals surface area contributed by atoms with Gasteiger partial charge >= 0.3 is 5.97 Å². The average molecular weight is 486 g/mol. The van der Waals surface area contributed by atoms with E-state index in [2.05, 4.69) is 34.1 Å². The molecule has 2 aliphatic rings. The number of nitrogens with two attached hydrogens (primary N) is 1. The van der Waals surface area contributed by atoms with Crippen molar-refractivity contribution in [1.29, 1.82) is 0 Å². The van der Waals surface area contributed by atoms with Crippen LogP contribution in [0.5, 0.6) is 0 Å². The molecule has 1 saturated carbocycles. The van der Waals surface area contributed by atoms with Crippen LogP contribution < -0.4 is 16.3 Å². The van der Waals surface area contributed by atoms with Crippen molar-refractivity contribution >= 4 is 34.8 Å². The van der Waals surface area contributed by atoms with E-state index < -0.39 is 5.97 Å². The Kier molecular flexibility index (Phi) is 5.60. The first kappa shape index (κ1) is 22.0. The maximum Gasteiger partial charge on any atom is 0.303 e. The van der Waals surface area contributed by atoms with Gasteiger partial charge in [-0.15, -0.1) is 0 Å². The lowest BCUT2D eigenvalue weighted by Crippen LogP contribution is -2.30. The third-order valence-electron chi connectivity index (χ3n) is 7.42. The number of nitrogens with zero attached hydrogens (tertiary/aromatic N) is 4. The first-order valence-corrected chi connectivity index (χ1v) is 13.1. The number of carboxylic acid groups (broad SMARTS) is 1. The molecule has 1 aromatic carbocycles. The topological polar surface area (TPSA) is 106 Å². The van der Waals surface area contributed by atoms with E-state index in [1.807, 2.05) is 24.4 Å². The zero-order valence-corrected chi connectivity index (χ0v) is 20.1. The van der Waals surface area contributed by atoms with Crippen LogP contribution >= 0.6 is 11.3 Å². The van der Waals surface area contributed by atoms with Crippen molar-refractivity contribution in [1.82, 2.24) is 14.6 Å². The van der Waals surface area contributed by atoms with Gasteiger partial charge in [0, 0.05) is 29.4 Å². The summed E-state index contributed by atoms with van der Waals surface area (Å²) in [5.41, 5.74) is 11.6. The number of carbonyl (C=O) groups is 1. The SMILES string of the molecule is Nc1c(-c2ccsc2)c([C@H]2CC[C@H](CC(=O)O)CC2)nc2c(C3C=c4ccccc4=NC3)cnn12. The van der Waals surface area contributed by atoms with Crippen LogP contribution in [0.15, 0.2) is 52.3 Å². The van der Waals surface area contributed by atoms with E-state index in [0.717, 1.165) is 64.3 Å². The zero-order chi connectivity index (χ0) is 23.9. The molecule has 3 N–H and O–H groups in total. The minimum Gasteiger partial charge on any atom is -0.481 e.